The molecule has 2 rings (SSSR count). The first kappa shape index (κ1) is 7.62. The van der Waals surface area contributed by atoms with Crippen molar-refractivity contribution in [2.75, 3.05) is 0 Å². The summed E-state index contributed by atoms with van der Waals surface area (Å²) in [5.41, 5.74) is 2.81. The van der Waals surface area contributed by atoms with Crippen molar-refractivity contribution in [2.45, 2.75) is 13.8 Å². The molecular formula is C7H9N4P. The Morgan fingerprint density at radius 2 is 2.00 bits per heavy atom. The summed E-state index contributed by atoms with van der Waals surface area (Å²) >= 11 is 0. The van der Waals surface area contributed by atoms with Gasteiger partial charge in [-0.25, -0.2) is 14.4 Å². The van der Waals surface area contributed by atoms with E-state index in [1.807, 2.05) is 13.8 Å². The Morgan fingerprint density at radius 1 is 1.25 bits per heavy atom. The maximum absolute atomic E-state index is 4.23. The molecule has 2 aromatic rings. The van der Waals surface area contributed by atoms with Crippen LogP contribution in [-0.4, -0.2) is 19.5 Å². The lowest BCUT2D eigenvalue weighted by molar-refractivity contribution is 0.988. The summed E-state index contributed by atoms with van der Waals surface area (Å²) < 4.78 is 1.69. The van der Waals surface area contributed by atoms with Crippen molar-refractivity contribution in [1.29, 1.82) is 0 Å². The van der Waals surface area contributed by atoms with E-state index in [0.717, 1.165) is 22.4 Å². The number of hydrogen-bond acceptors (Lipinski definition) is 3. The topological polar surface area (TPSA) is 43.6 Å². The highest BCUT2D eigenvalue weighted by molar-refractivity contribution is 7.14. The van der Waals surface area contributed by atoms with Crippen molar-refractivity contribution in [1.82, 2.24) is 19.5 Å². The van der Waals surface area contributed by atoms with Gasteiger partial charge in [0.2, 0.25) is 0 Å². The van der Waals surface area contributed by atoms with Gasteiger partial charge in [-0.2, -0.15) is 5.10 Å². The first-order chi connectivity index (χ1) is 5.70. The van der Waals surface area contributed by atoms with Crippen LogP contribution in [-0.2, 0) is 0 Å². The number of nitrogens with zero attached hydrogens (tertiary/aromatic N) is 4. The fourth-order valence-electron chi connectivity index (χ4n) is 1.32. The zero-order valence-corrected chi connectivity index (χ0v) is 8.10. The molecule has 0 N–H and O–H groups in total. The predicted molar refractivity (Wildman–Crippen MR) is 49.9 cm³/mol. The second-order valence-electron chi connectivity index (χ2n) is 2.69. The molecule has 0 bridgehead atoms. The van der Waals surface area contributed by atoms with E-state index in [2.05, 4.69) is 24.5 Å². The second-order valence-corrected chi connectivity index (χ2v) is 3.18. The summed E-state index contributed by atoms with van der Waals surface area (Å²) in [5.74, 6) is 0. The van der Waals surface area contributed by atoms with Crippen molar-refractivity contribution in [3.05, 3.63) is 17.7 Å². The summed E-state index contributed by atoms with van der Waals surface area (Å²) in [6.45, 7) is 3.92. The minimum Gasteiger partial charge on any atom is -0.241 e. The Kier molecular flexibility index (Phi) is 1.58. The third-order valence-electron chi connectivity index (χ3n) is 1.85. The van der Waals surface area contributed by atoms with Gasteiger partial charge < -0.3 is 0 Å². The Bertz CT molecular complexity index is 434. The standard InChI is InChI=1S/C7H9N4P/c1-4-6-5(2)10-11(12)7(6)9-3-8-4/h3H,12H2,1-2H3. The summed E-state index contributed by atoms with van der Waals surface area (Å²) in [5, 5.41) is 5.28. The molecule has 0 aliphatic heterocycles. The Balaban J connectivity index is 2.99. The van der Waals surface area contributed by atoms with Gasteiger partial charge in [-0.05, 0) is 23.2 Å². The molecule has 0 aromatic carbocycles. The molecule has 2 aromatic heterocycles. The van der Waals surface area contributed by atoms with Crippen LogP contribution in [0.2, 0.25) is 0 Å². The van der Waals surface area contributed by atoms with Gasteiger partial charge in [0.1, 0.15) is 6.33 Å². The van der Waals surface area contributed by atoms with Gasteiger partial charge in [-0.15, -0.1) is 0 Å². The zero-order chi connectivity index (χ0) is 8.72. The van der Waals surface area contributed by atoms with E-state index in [1.165, 1.54) is 0 Å². The normalized spacial score (nSPS) is 10.9. The average molecular weight is 180 g/mol. The van der Waals surface area contributed by atoms with Crippen molar-refractivity contribution < 1.29 is 0 Å². The molecule has 0 radical (unpaired) electrons. The smallest absolute Gasteiger partial charge is 0.164 e. The molecule has 0 saturated heterocycles. The van der Waals surface area contributed by atoms with Crippen LogP contribution in [0.3, 0.4) is 0 Å². The zero-order valence-electron chi connectivity index (χ0n) is 6.94. The molecule has 2 heterocycles. The van der Waals surface area contributed by atoms with E-state index >= 15 is 0 Å². The van der Waals surface area contributed by atoms with Gasteiger partial charge in [-0.1, -0.05) is 0 Å². The molecule has 0 amide bonds. The maximum atomic E-state index is 4.23. The highest BCUT2D eigenvalue weighted by atomic mass is 31.0. The molecule has 0 fully saturated rings. The molecule has 0 spiro atoms. The molecule has 62 valence electrons. The van der Waals surface area contributed by atoms with Gasteiger partial charge in [0.05, 0.1) is 16.8 Å². The van der Waals surface area contributed by atoms with Crippen LogP contribution in [0, 0.1) is 13.8 Å². The van der Waals surface area contributed by atoms with Gasteiger partial charge in [0.25, 0.3) is 0 Å². The summed E-state index contributed by atoms with van der Waals surface area (Å²) in [7, 11) is 2.50. The van der Waals surface area contributed by atoms with Crippen molar-refractivity contribution >= 4 is 20.4 Å². The van der Waals surface area contributed by atoms with Gasteiger partial charge >= 0.3 is 0 Å². The van der Waals surface area contributed by atoms with E-state index in [0.29, 0.717) is 0 Å². The van der Waals surface area contributed by atoms with Crippen LogP contribution in [0.15, 0.2) is 6.33 Å². The maximum Gasteiger partial charge on any atom is 0.164 e. The molecule has 1 unspecified atom stereocenters. The van der Waals surface area contributed by atoms with E-state index in [4.69, 9.17) is 0 Å². The van der Waals surface area contributed by atoms with Crippen LogP contribution in [0.1, 0.15) is 11.4 Å². The predicted octanol–water partition coefficient (Wildman–Crippen LogP) is 1.08. The monoisotopic (exact) mass is 180 g/mol. The SMILES string of the molecule is Cc1ncnc2c1c(C)nn2P. The van der Waals surface area contributed by atoms with Gasteiger partial charge in [0, 0.05) is 0 Å². The van der Waals surface area contributed by atoms with Crippen LogP contribution < -0.4 is 0 Å². The van der Waals surface area contributed by atoms with Crippen LogP contribution >= 0.6 is 9.39 Å². The first-order valence-corrected chi connectivity index (χ1v) is 4.14. The second kappa shape index (κ2) is 2.49. The summed E-state index contributed by atoms with van der Waals surface area (Å²) in [4.78, 5) is 8.24. The number of rotatable bonds is 0. The molecule has 0 saturated carbocycles. The minimum atomic E-state index is 0.866. The fourth-order valence-corrected chi connectivity index (χ4v) is 1.69. The molecule has 0 aliphatic rings. The summed E-state index contributed by atoms with van der Waals surface area (Å²) in [6.07, 6.45) is 1.55. The molecule has 0 aliphatic carbocycles. The lowest BCUT2D eigenvalue weighted by atomic mass is 10.2. The van der Waals surface area contributed by atoms with E-state index in [-0.39, 0.29) is 0 Å². The average Bonchev–Trinajstić information content (AvgIpc) is 2.29. The van der Waals surface area contributed by atoms with Crippen molar-refractivity contribution in [3.8, 4) is 0 Å². The van der Waals surface area contributed by atoms with Crippen molar-refractivity contribution in [2.24, 2.45) is 0 Å². The van der Waals surface area contributed by atoms with Crippen molar-refractivity contribution in [3.63, 3.8) is 0 Å². The fraction of sp³-hybridized carbons (Fsp3) is 0.286. The largest absolute Gasteiger partial charge is 0.241 e. The molecule has 12 heavy (non-hydrogen) atoms. The number of fused-ring (bicyclic) bond motifs is 1. The van der Waals surface area contributed by atoms with Crippen LogP contribution in [0.5, 0.6) is 0 Å². The first-order valence-electron chi connectivity index (χ1n) is 3.62. The highest BCUT2D eigenvalue weighted by Gasteiger charge is 2.07. The van der Waals surface area contributed by atoms with E-state index in [9.17, 15) is 0 Å². The number of aryl methyl sites for hydroxylation is 2. The molecule has 4 nitrogen and oxygen atoms in total. The Hall–Kier alpha value is -1.02. The highest BCUT2D eigenvalue weighted by Crippen LogP contribution is 2.18. The third kappa shape index (κ3) is 0.916. The third-order valence-corrected chi connectivity index (χ3v) is 2.21. The number of hydrogen-bond donors (Lipinski definition) is 0. The Labute approximate surface area is 72.3 Å². The minimum absolute atomic E-state index is 0.866. The van der Waals surface area contributed by atoms with E-state index < -0.39 is 0 Å². The summed E-state index contributed by atoms with van der Waals surface area (Å²) in [6, 6.07) is 0. The Morgan fingerprint density at radius 3 is 2.67 bits per heavy atom. The van der Waals surface area contributed by atoms with E-state index in [1.54, 1.807) is 10.8 Å². The molecule has 5 heteroatoms. The molecular weight excluding hydrogens is 171 g/mol. The lowest BCUT2D eigenvalue weighted by Gasteiger charge is -1.93. The molecule has 1 atom stereocenters. The lowest BCUT2D eigenvalue weighted by Crippen LogP contribution is -1.87. The quantitative estimate of drug-likeness (QED) is 0.570. The van der Waals surface area contributed by atoms with Crippen LogP contribution in [0.4, 0.5) is 0 Å². The van der Waals surface area contributed by atoms with Gasteiger partial charge in [-0.3, -0.25) is 0 Å². The van der Waals surface area contributed by atoms with Gasteiger partial charge in [0.15, 0.2) is 5.65 Å². The number of aromatic nitrogens is 4. The van der Waals surface area contributed by atoms with Crippen LogP contribution in [0.25, 0.3) is 11.0 Å².